The number of hydrogen-bond acceptors (Lipinski definition) is 3. The summed E-state index contributed by atoms with van der Waals surface area (Å²) in [6.45, 7) is 1.52. The first-order valence-electron chi connectivity index (χ1n) is 7.26. The van der Waals surface area contributed by atoms with Crippen molar-refractivity contribution in [2.45, 2.75) is 18.9 Å². The summed E-state index contributed by atoms with van der Waals surface area (Å²) < 4.78 is 0. The first-order chi connectivity index (χ1) is 10.0. The smallest absolute Gasteiger partial charge is 0.316 e. The highest BCUT2D eigenvalue weighted by Gasteiger charge is 2.42. The predicted octanol–water partition coefficient (Wildman–Crippen LogP) is 0.987. The van der Waals surface area contributed by atoms with E-state index in [-0.39, 0.29) is 11.9 Å². The van der Waals surface area contributed by atoms with Gasteiger partial charge < -0.3 is 21.7 Å². The van der Waals surface area contributed by atoms with Crippen molar-refractivity contribution in [3.8, 4) is 0 Å². The maximum Gasteiger partial charge on any atom is 0.316 e. The van der Waals surface area contributed by atoms with Gasteiger partial charge in [-0.05, 0) is 42.9 Å². The minimum absolute atomic E-state index is 0.00952. The van der Waals surface area contributed by atoms with Crippen molar-refractivity contribution >= 4 is 17.6 Å². The third-order valence-electron chi connectivity index (χ3n) is 4.58. The quantitative estimate of drug-likeness (QED) is 0.756. The van der Waals surface area contributed by atoms with E-state index in [1.807, 2.05) is 4.90 Å². The number of nitrogens with one attached hydrogen (secondary N) is 1. The molecule has 1 aromatic rings. The van der Waals surface area contributed by atoms with Crippen LogP contribution in [0.5, 0.6) is 0 Å². The Balaban J connectivity index is 1.72. The standard InChI is InChI=1S/C15H20N4O2/c16-13-5-4-10-7-19(8-12(10)13)14(20)9-2-1-3-11(6-9)18-15(17)21/h1-3,6,10,12-13H,4-5,7-8,16H2,(H3,17,18,21). The van der Waals surface area contributed by atoms with Crippen molar-refractivity contribution in [3.05, 3.63) is 29.8 Å². The van der Waals surface area contributed by atoms with Crippen LogP contribution in [0.4, 0.5) is 10.5 Å². The van der Waals surface area contributed by atoms with E-state index in [0.29, 0.717) is 23.1 Å². The lowest BCUT2D eigenvalue weighted by Gasteiger charge is -2.19. The fraction of sp³-hybridized carbons (Fsp3) is 0.467. The molecule has 21 heavy (non-hydrogen) atoms. The largest absolute Gasteiger partial charge is 0.351 e. The molecule has 6 nitrogen and oxygen atoms in total. The van der Waals surface area contributed by atoms with Crippen LogP contribution in [0.2, 0.25) is 0 Å². The summed E-state index contributed by atoms with van der Waals surface area (Å²) in [5, 5.41) is 2.49. The molecule has 1 saturated carbocycles. The van der Waals surface area contributed by atoms with Gasteiger partial charge in [-0.3, -0.25) is 4.79 Å². The van der Waals surface area contributed by atoms with Gasteiger partial charge in [-0.15, -0.1) is 0 Å². The molecular formula is C15H20N4O2. The van der Waals surface area contributed by atoms with Gasteiger partial charge in [0.05, 0.1) is 0 Å². The topological polar surface area (TPSA) is 101 Å². The number of benzene rings is 1. The summed E-state index contributed by atoms with van der Waals surface area (Å²) in [5.74, 6) is 0.960. The molecule has 1 heterocycles. The molecular weight excluding hydrogens is 268 g/mol. The van der Waals surface area contributed by atoms with Gasteiger partial charge in [0.1, 0.15) is 0 Å². The summed E-state index contributed by atoms with van der Waals surface area (Å²) in [5.41, 5.74) is 12.3. The van der Waals surface area contributed by atoms with Crippen LogP contribution in [0.3, 0.4) is 0 Å². The van der Waals surface area contributed by atoms with Gasteiger partial charge in [0.25, 0.3) is 5.91 Å². The molecule has 1 aromatic carbocycles. The third-order valence-corrected chi connectivity index (χ3v) is 4.58. The lowest BCUT2D eigenvalue weighted by atomic mass is 9.98. The molecule has 0 bridgehead atoms. The van der Waals surface area contributed by atoms with Crippen LogP contribution in [0, 0.1) is 11.8 Å². The van der Waals surface area contributed by atoms with Crippen LogP contribution >= 0.6 is 0 Å². The average Bonchev–Trinajstić information content (AvgIpc) is 3.00. The maximum absolute atomic E-state index is 12.6. The molecule has 5 N–H and O–H groups in total. The number of fused-ring (bicyclic) bond motifs is 1. The van der Waals surface area contributed by atoms with Crippen molar-refractivity contribution in [1.82, 2.24) is 4.90 Å². The molecule has 0 spiro atoms. The number of carbonyl (C=O) groups is 2. The van der Waals surface area contributed by atoms with E-state index in [9.17, 15) is 9.59 Å². The Bertz CT molecular complexity index is 575. The molecule has 1 aliphatic heterocycles. The highest BCUT2D eigenvalue weighted by atomic mass is 16.2. The summed E-state index contributed by atoms with van der Waals surface area (Å²) >= 11 is 0. The van der Waals surface area contributed by atoms with Crippen LogP contribution in [-0.2, 0) is 0 Å². The first-order valence-corrected chi connectivity index (χ1v) is 7.26. The Morgan fingerprint density at radius 3 is 2.76 bits per heavy atom. The van der Waals surface area contributed by atoms with Crippen LogP contribution < -0.4 is 16.8 Å². The number of nitrogens with two attached hydrogens (primary N) is 2. The van der Waals surface area contributed by atoms with Gasteiger partial charge in [-0.25, -0.2) is 4.79 Å². The van der Waals surface area contributed by atoms with Crippen molar-refractivity contribution in [1.29, 1.82) is 0 Å². The van der Waals surface area contributed by atoms with Crippen LogP contribution in [-0.4, -0.2) is 36.0 Å². The second kappa shape index (κ2) is 5.37. The van der Waals surface area contributed by atoms with E-state index in [4.69, 9.17) is 11.5 Å². The van der Waals surface area contributed by atoms with Gasteiger partial charge in [0.15, 0.2) is 0 Å². The molecule has 2 aliphatic rings. The number of urea groups is 1. The van der Waals surface area contributed by atoms with E-state index in [1.54, 1.807) is 24.3 Å². The lowest BCUT2D eigenvalue weighted by Crippen LogP contribution is -2.33. The zero-order chi connectivity index (χ0) is 15.0. The Kier molecular flexibility index (Phi) is 3.55. The average molecular weight is 288 g/mol. The van der Waals surface area contributed by atoms with E-state index in [2.05, 4.69) is 5.32 Å². The minimum atomic E-state index is -0.638. The van der Waals surface area contributed by atoms with Gasteiger partial charge in [-0.2, -0.15) is 0 Å². The van der Waals surface area contributed by atoms with Crippen molar-refractivity contribution in [2.75, 3.05) is 18.4 Å². The molecule has 2 fully saturated rings. The second-order valence-electron chi connectivity index (χ2n) is 5.95. The Morgan fingerprint density at radius 1 is 1.24 bits per heavy atom. The number of carbonyl (C=O) groups excluding carboxylic acids is 2. The lowest BCUT2D eigenvalue weighted by molar-refractivity contribution is 0.0779. The number of primary amides is 1. The Hall–Kier alpha value is -2.08. The molecule has 0 radical (unpaired) electrons. The van der Waals surface area contributed by atoms with Crippen molar-refractivity contribution in [3.63, 3.8) is 0 Å². The molecule has 3 atom stereocenters. The summed E-state index contributed by atoms with van der Waals surface area (Å²) in [6, 6.07) is 6.43. The van der Waals surface area contributed by atoms with E-state index >= 15 is 0 Å². The molecule has 1 saturated heterocycles. The van der Waals surface area contributed by atoms with Crippen LogP contribution in [0.25, 0.3) is 0 Å². The van der Waals surface area contributed by atoms with E-state index in [1.165, 1.54) is 0 Å². The van der Waals surface area contributed by atoms with Crippen molar-refractivity contribution < 1.29 is 9.59 Å². The molecule has 3 amide bonds. The molecule has 112 valence electrons. The Labute approximate surface area is 123 Å². The number of likely N-dealkylation sites (tertiary alicyclic amines) is 1. The monoisotopic (exact) mass is 288 g/mol. The number of rotatable bonds is 2. The number of nitrogens with zero attached hydrogens (tertiary/aromatic N) is 1. The molecule has 0 aromatic heterocycles. The minimum Gasteiger partial charge on any atom is -0.351 e. The number of amides is 3. The maximum atomic E-state index is 12.6. The summed E-state index contributed by atoms with van der Waals surface area (Å²) in [4.78, 5) is 25.3. The fourth-order valence-electron chi connectivity index (χ4n) is 3.53. The summed E-state index contributed by atoms with van der Waals surface area (Å²) in [6.07, 6.45) is 2.17. The number of anilines is 1. The molecule has 3 unspecified atom stereocenters. The normalized spacial score (nSPS) is 27.5. The Morgan fingerprint density at radius 2 is 2.05 bits per heavy atom. The first kappa shape index (κ1) is 13.9. The van der Waals surface area contributed by atoms with E-state index < -0.39 is 6.03 Å². The number of hydrogen-bond donors (Lipinski definition) is 3. The van der Waals surface area contributed by atoms with Gasteiger partial charge in [0, 0.05) is 30.4 Å². The summed E-state index contributed by atoms with van der Waals surface area (Å²) in [7, 11) is 0. The van der Waals surface area contributed by atoms with Crippen LogP contribution in [0.1, 0.15) is 23.2 Å². The highest BCUT2D eigenvalue weighted by Crippen LogP contribution is 2.37. The highest BCUT2D eigenvalue weighted by molar-refractivity contribution is 5.96. The van der Waals surface area contributed by atoms with E-state index in [0.717, 1.165) is 25.9 Å². The predicted molar refractivity (Wildman–Crippen MR) is 79.7 cm³/mol. The van der Waals surface area contributed by atoms with Gasteiger partial charge in [0.2, 0.25) is 0 Å². The van der Waals surface area contributed by atoms with Crippen molar-refractivity contribution in [2.24, 2.45) is 23.3 Å². The molecule has 6 heteroatoms. The zero-order valence-corrected chi connectivity index (χ0v) is 11.8. The van der Waals surface area contributed by atoms with Crippen LogP contribution in [0.15, 0.2) is 24.3 Å². The SMILES string of the molecule is NC(=O)Nc1cccc(C(=O)N2CC3CCC(N)C3C2)c1. The molecule has 1 aliphatic carbocycles. The third kappa shape index (κ3) is 2.71. The van der Waals surface area contributed by atoms with Gasteiger partial charge in [-0.1, -0.05) is 6.07 Å². The zero-order valence-electron chi connectivity index (χ0n) is 11.8. The second-order valence-corrected chi connectivity index (χ2v) is 5.95. The fourth-order valence-corrected chi connectivity index (χ4v) is 3.53. The van der Waals surface area contributed by atoms with Gasteiger partial charge >= 0.3 is 6.03 Å². The molecule has 3 rings (SSSR count).